The van der Waals surface area contributed by atoms with Gasteiger partial charge in [0.15, 0.2) is 28.5 Å². The highest BCUT2D eigenvalue weighted by atomic mass is 16.9. The van der Waals surface area contributed by atoms with E-state index in [1.165, 1.54) is 25.3 Å². The molecule has 2 saturated carbocycles. The normalized spacial score (nSPS) is 44.1. The van der Waals surface area contributed by atoms with Gasteiger partial charge < -0.3 is 48.8 Å². The number of fused-ring (bicyclic) bond motifs is 3. The summed E-state index contributed by atoms with van der Waals surface area (Å²) in [5, 5.41) is 45.0. The summed E-state index contributed by atoms with van der Waals surface area (Å²) in [6.07, 6.45) is -0.587. The van der Waals surface area contributed by atoms with Crippen molar-refractivity contribution in [3.05, 3.63) is 89.5 Å². The summed E-state index contributed by atoms with van der Waals surface area (Å²) in [5.74, 6) is -6.08. The first-order valence-corrected chi connectivity index (χ1v) is 16.2. The van der Waals surface area contributed by atoms with Crippen LogP contribution in [0.2, 0.25) is 0 Å². The number of ketones is 1. The number of rotatable bonds is 7. The lowest BCUT2D eigenvalue weighted by Crippen LogP contribution is -2.76. The van der Waals surface area contributed by atoms with Gasteiger partial charge in [0.1, 0.15) is 30.0 Å². The highest BCUT2D eigenvalue weighted by Gasteiger charge is 2.90. The quantitative estimate of drug-likeness (QED) is 0.146. The molecule has 6 aliphatic rings. The number of aliphatic hydroxyl groups is 3. The Labute approximate surface area is 282 Å². The lowest BCUT2D eigenvalue weighted by atomic mass is 9.53. The van der Waals surface area contributed by atoms with Crippen LogP contribution in [-0.4, -0.2) is 92.7 Å². The SMILES string of the molecule is C=C(C)[C@@]12OC3(c4ccccc4)O[C@@H]1[C@@H]1[C@@H]4O[C@]4(CO)[C@@H](O)[C@]4(O)C(=O)C(C)=C[C@H]4[C@@]1(O3)[C@H](C)[C@H]2OC(=O)/C=C/c1ccc(O)c(OC)c1. The Kier molecular flexibility index (Phi) is 6.82. The number of epoxide rings is 1. The monoisotopic (exact) mass is 674 g/mol. The number of esters is 1. The van der Waals surface area contributed by atoms with Crippen molar-refractivity contribution in [2.45, 2.75) is 73.6 Å². The van der Waals surface area contributed by atoms with Gasteiger partial charge in [-0.25, -0.2) is 4.79 Å². The van der Waals surface area contributed by atoms with Crippen LogP contribution in [0.4, 0.5) is 0 Å². The molecule has 3 saturated heterocycles. The van der Waals surface area contributed by atoms with E-state index in [2.05, 4.69) is 6.58 Å². The Morgan fingerprint density at radius 1 is 1.10 bits per heavy atom. The van der Waals surface area contributed by atoms with Gasteiger partial charge in [0, 0.05) is 29.4 Å². The van der Waals surface area contributed by atoms with E-state index in [-0.39, 0.29) is 17.1 Å². The third-order valence-electron chi connectivity index (χ3n) is 11.7. The number of hydrogen-bond acceptors (Lipinski definition) is 12. The Morgan fingerprint density at radius 3 is 2.51 bits per heavy atom. The fourth-order valence-corrected chi connectivity index (χ4v) is 9.44. The molecular weight excluding hydrogens is 636 g/mol. The highest BCUT2D eigenvalue weighted by Crippen LogP contribution is 2.74. The topological polar surface area (TPSA) is 174 Å². The third-order valence-corrected chi connectivity index (χ3v) is 11.7. The maximum absolute atomic E-state index is 13.9. The molecule has 12 atom stereocenters. The first-order chi connectivity index (χ1) is 23.3. The molecule has 12 nitrogen and oxygen atoms in total. The number of benzene rings is 2. The van der Waals surface area contributed by atoms with Gasteiger partial charge in [-0.1, -0.05) is 56.0 Å². The van der Waals surface area contributed by atoms with Crippen LogP contribution < -0.4 is 4.74 Å². The summed E-state index contributed by atoms with van der Waals surface area (Å²) in [5.41, 5.74) is -5.64. The fraction of sp³-hybridized carbons (Fsp3) is 0.459. The van der Waals surface area contributed by atoms with Crippen molar-refractivity contribution in [2.75, 3.05) is 13.7 Å². The average molecular weight is 675 g/mol. The lowest BCUT2D eigenvalue weighted by molar-refractivity contribution is -0.440. The van der Waals surface area contributed by atoms with Crippen molar-refractivity contribution in [2.24, 2.45) is 17.8 Å². The van der Waals surface area contributed by atoms with Crippen LogP contribution in [0.15, 0.2) is 78.4 Å². The molecule has 1 unspecified atom stereocenters. The number of Topliss-reactive ketones (excluding diaryl/α,β-unsaturated/α-hetero) is 1. The molecule has 8 rings (SSSR count). The zero-order valence-electron chi connectivity index (χ0n) is 27.4. The summed E-state index contributed by atoms with van der Waals surface area (Å²) in [4.78, 5) is 27.6. The van der Waals surface area contributed by atoms with Crippen LogP contribution in [-0.2, 0) is 39.2 Å². The van der Waals surface area contributed by atoms with E-state index in [4.69, 9.17) is 28.4 Å². The number of carbonyl (C=O) groups excluding carboxylic acids is 2. The van der Waals surface area contributed by atoms with Crippen LogP contribution in [0.3, 0.4) is 0 Å². The van der Waals surface area contributed by atoms with Gasteiger partial charge in [-0.15, -0.1) is 0 Å². The molecule has 12 heteroatoms. The fourth-order valence-electron chi connectivity index (χ4n) is 9.44. The molecule has 4 N–H and O–H groups in total. The van der Waals surface area contributed by atoms with Crippen LogP contribution in [0.25, 0.3) is 6.08 Å². The van der Waals surface area contributed by atoms with Crippen molar-refractivity contribution < 1.29 is 58.4 Å². The first-order valence-electron chi connectivity index (χ1n) is 16.2. The number of aromatic hydroxyl groups is 1. The van der Waals surface area contributed by atoms with Gasteiger partial charge in [-0.2, -0.15) is 0 Å². The molecule has 0 radical (unpaired) electrons. The summed E-state index contributed by atoms with van der Waals surface area (Å²) >= 11 is 0. The number of aliphatic hydroxyl groups excluding tert-OH is 2. The molecule has 2 aromatic carbocycles. The molecule has 0 aromatic heterocycles. The zero-order valence-corrected chi connectivity index (χ0v) is 27.4. The second kappa shape index (κ2) is 10.3. The molecule has 0 spiro atoms. The van der Waals surface area contributed by atoms with E-state index < -0.39 is 88.9 Å². The van der Waals surface area contributed by atoms with E-state index in [0.717, 1.165) is 0 Å². The van der Waals surface area contributed by atoms with Crippen molar-refractivity contribution in [3.63, 3.8) is 0 Å². The zero-order chi connectivity index (χ0) is 34.9. The number of methoxy groups -OCH3 is 1. The van der Waals surface area contributed by atoms with Gasteiger partial charge in [-0.3, -0.25) is 4.79 Å². The number of phenols is 1. The molecule has 3 aliphatic heterocycles. The van der Waals surface area contributed by atoms with Crippen LogP contribution in [0, 0.1) is 17.8 Å². The third kappa shape index (κ3) is 3.82. The van der Waals surface area contributed by atoms with Crippen molar-refractivity contribution >= 4 is 17.8 Å². The second-order valence-electron chi connectivity index (χ2n) is 14.1. The van der Waals surface area contributed by atoms with Gasteiger partial charge in [-0.05, 0) is 48.8 Å². The Balaban J connectivity index is 1.31. The summed E-state index contributed by atoms with van der Waals surface area (Å²) < 4.78 is 38.5. The summed E-state index contributed by atoms with van der Waals surface area (Å²) in [7, 11) is 1.42. The minimum Gasteiger partial charge on any atom is -0.504 e. The number of phenolic OH excluding ortho intramolecular Hbond substituents is 1. The minimum absolute atomic E-state index is 0.0563. The Morgan fingerprint density at radius 2 is 1.84 bits per heavy atom. The van der Waals surface area contributed by atoms with Crippen molar-refractivity contribution in [1.82, 2.24) is 0 Å². The Hall–Kier alpha value is -3.88. The summed E-state index contributed by atoms with van der Waals surface area (Å²) in [6, 6.07) is 13.5. The van der Waals surface area contributed by atoms with E-state index >= 15 is 0 Å². The van der Waals surface area contributed by atoms with E-state index in [1.807, 2.05) is 6.07 Å². The van der Waals surface area contributed by atoms with Gasteiger partial charge in [0.2, 0.25) is 0 Å². The van der Waals surface area contributed by atoms with Crippen molar-refractivity contribution in [3.8, 4) is 11.5 Å². The van der Waals surface area contributed by atoms with Gasteiger partial charge >= 0.3 is 11.9 Å². The van der Waals surface area contributed by atoms with Gasteiger partial charge in [0.25, 0.3) is 0 Å². The number of hydrogen-bond donors (Lipinski definition) is 4. The number of ether oxygens (including phenoxy) is 6. The molecule has 3 heterocycles. The molecule has 258 valence electrons. The van der Waals surface area contributed by atoms with Crippen LogP contribution in [0.5, 0.6) is 11.5 Å². The van der Waals surface area contributed by atoms with Crippen LogP contribution in [0.1, 0.15) is 31.9 Å². The standard InChI is InChI=1S/C37H38O12/c1-18(2)35-29(45-26(40)14-12-21-11-13-23(39)24(16-21)44-5)20(4)36-25-15-19(3)28(41)34(25,43)32(42)33(17-38)30(46-33)27(36)31(35)47-37(48-35,49-36)22-9-7-6-8-10-22/h6-16,20,25,27,29-32,38-39,42-43H,1,17H2,2-5H3/b14-12+/t20-,25-,27+,29-,30+,31-,32-,33+,34-,35+,36+,37?/m1/s1. The van der Waals surface area contributed by atoms with Crippen LogP contribution >= 0.6 is 0 Å². The van der Waals surface area contributed by atoms with Crippen molar-refractivity contribution in [1.29, 1.82) is 0 Å². The number of carbonyl (C=O) groups is 2. The molecule has 49 heavy (non-hydrogen) atoms. The predicted octanol–water partition coefficient (Wildman–Crippen LogP) is 2.28. The van der Waals surface area contributed by atoms with E-state index in [9.17, 15) is 30.0 Å². The minimum atomic E-state index is -2.46. The average Bonchev–Trinajstić information content (AvgIpc) is 3.72. The largest absolute Gasteiger partial charge is 0.504 e. The smallest absolute Gasteiger partial charge is 0.331 e. The lowest BCUT2D eigenvalue weighted by Gasteiger charge is -2.61. The molecule has 2 aromatic rings. The van der Waals surface area contributed by atoms with E-state index in [1.54, 1.807) is 63.2 Å². The molecule has 3 aliphatic carbocycles. The molecular formula is C37H38O12. The summed E-state index contributed by atoms with van der Waals surface area (Å²) in [6.45, 7) is 8.68. The van der Waals surface area contributed by atoms with Gasteiger partial charge in [0.05, 0.1) is 19.3 Å². The highest BCUT2D eigenvalue weighted by molar-refractivity contribution is 6.05. The van der Waals surface area contributed by atoms with E-state index in [0.29, 0.717) is 16.7 Å². The molecule has 3 bridgehead atoms. The molecule has 5 fully saturated rings. The predicted molar refractivity (Wildman–Crippen MR) is 170 cm³/mol. The first kappa shape index (κ1) is 32.3. The Bertz CT molecular complexity index is 1840. The molecule has 0 amide bonds. The maximum Gasteiger partial charge on any atom is 0.331 e. The second-order valence-corrected chi connectivity index (χ2v) is 14.1. The maximum atomic E-state index is 13.9.